The van der Waals surface area contributed by atoms with Crippen LogP contribution in [-0.4, -0.2) is 41.9 Å². The van der Waals surface area contributed by atoms with Crippen molar-refractivity contribution in [3.63, 3.8) is 0 Å². The van der Waals surface area contributed by atoms with E-state index in [4.69, 9.17) is 11.5 Å². The third-order valence-electron chi connectivity index (χ3n) is 8.17. The fourth-order valence-corrected chi connectivity index (χ4v) is 6.29. The Kier molecular flexibility index (Phi) is 5.57. The molecule has 0 aliphatic heterocycles. The van der Waals surface area contributed by atoms with Gasteiger partial charge in [-0.2, -0.15) is 0 Å². The van der Waals surface area contributed by atoms with Crippen LogP contribution in [0.2, 0.25) is 0 Å². The summed E-state index contributed by atoms with van der Waals surface area (Å²) in [6, 6.07) is 9.75. The van der Waals surface area contributed by atoms with Crippen LogP contribution in [0.3, 0.4) is 0 Å². The highest BCUT2D eigenvalue weighted by Gasteiger charge is 2.43. The van der Waals surface area contributed by atoms with E-state index in [1.54, 1.807) is 6.07 Å². The lowest BCUT2D eigenvalue weighted by Gasteiger charge is -2.19. The molecule has 182 valence electrons. The van der Waals surface area contributed by atoms with Crippen molar-refractivity contribution >= 4 is 33.6 Å². The molecule has 8 nitrogen and oxygen atoms in total. The minimum absolute atomic E-state index is 0.0222. The number of benzene rings is 1. The molecule has 2 fully saturated rings. The highest BCUT2D eigenvalue weighted by Crippen LogP contribution is 2.44. The molecule has 0 saturated heterocycles. The second-order valence-electron chi connectivity index (χ2n) is 10.3. The highest BCUT2D eigenvalue weighted by molar-refractivity contribution is 5.90. The fourth-order valence-electron chi connectivity index (χ4n) is 6.29. The maximum absolute atomic E-state index is 11.1. The number of fused-ring (bicyclic) bond motifs is 2. The van der Waals surface area contributed by atoms with Gasteiger partial charge < -0.3 is 26.2 Å². The molecule has 8 heteroatoms. The third-order valence-corrected chi connectivity index (χ3v) is 8.17. The van der Waals surface area contributed by atoms with Crippen LogP contribution in [0.25, 0.3) is 21.9 Å². The van der Waals surface area contributed by atoms with Crippen LogP contribution in [-0.2, 0) is 6.42 Å². The van der Waals surface area contributed by atoms with Crippen LogP contribution in [0.15, 0.2) is 42.9 Å². The van der Waals surface area contributed by atoms with Gasteiger partial charge >= 0.3 is 0 Å². The average molecular weight is 473 g/mol. The second kappa shape index (κ2) is 8.77. The summed E-state index contributed by atoms with van der Waals surface area (Å²) >= 11 is 0. The molecule has 0 spiro atoms. The van der Waals surface area contributed by atoms with E-state index in [9.17, 15) is 10.2 Å². The summed E-state index contributed by atoms with van der Waals surface area (Å²) in [5, 5.41) is 24.0. The van der Waals surface area contributed by atoms with Crippen molar-refractivity contribution in [2.75, 3.05) is 11.5 Å². The molecule has 2 aliphatic rings. The van der Waals surface area contributed by atoms with Crippen molar-refractivity contribution in [1.29, 1.82) is 0 Å². The molecule has 0 amide bonds. The number of nitrogens with two attached hydrogens (primary N) is 2. The molecular weight excluding hydrogens is 440 g/mol. The molecule has 2 aliphatic carbocycles. The van der Waals surface area contributed by atoms with E-state index in [1.807, 2.05) is 6.07 Å². The molecule has 3 heterocycles. The first-order valence-corrected chi connectivity index (χ1v) is 12.6. The van der Waals surface area contributed by atoms with Gasteiger partial charge in [0, 0.05) is 11.6 Å². The van der Waals surface area contributed by atoms with E-state index < -0.39 is 12.2 Å². The number of nitrogen functional groups attached to an aromatic ring is 2. The zero-order valence-electron chi connectivity index (χ0n) is 19.7. The topological polar surface area (TPSA) is 136 Å². The summed E-state index contributed by atoms with van der Waals surface area (Å²) in [6.45, 7) is 0. The molecular formula is C27H32N6O2. The number of hydrogen-bond donors (Lipinski definition) is 4. The molecule has 3 aromatic heterocycles. The monoisotopic (exact) mass is 472 g/mol. The summed E-state index contributed by atoms with van der Waals surface area (Å²) < 4.78 is 2.05. The number of aliphatic hydroxyl groups excluding tert-OH is 2. The van der Waals surface area contributed by atoms with Gasteiger partial charge in [-0.05, 0) is 73.3 Å². The van der Waals surface area contributed by atoms with E-state index in [-0.39, 0.29) is 12.0 Å². The van der Waals surface area contributed by atoms with Gasteiger partial charge in [0.15, 0.2) is 0 Å². The van der Waals surface area contributed by atoms with E-state index in [1.165, 1.54) is 24.7 Å². The minimum atomic E-state index is -0.860. The largest absolute Gasteiger partial charge is 0.390 e. The molecule has 0 unspecified atom stereocenters. The minimum Gasteiger partial charge on any atom is -0.390 e. The first kappa shape index (κ1) is 22.2. The summed E-state index contributed by atoms with van der Waals surface area (Å²) in [4.78, 5) is 13.2. The van der Waals surface area contributed by atoms with Crippen molar-refractivity contribution in [3.05, 3.63) is 54.0 Å². The Bertz CT molecular complexity index is 1380. The summed E-state index contributed by atoms with van der Waals surface area (Å²) in [7, 11) is 0. The number of pyridine rings is 1. The van der Waals surface area contributed by atoms with Gasteiger partial charge in [-0.1, -0.05) is 25.0 Å². The van der Waals surface area contributed by atoms with Crippen LogP contribution in [0, 0.1) is 5.92 Å². The van der Waals surface area contributed by atoms with E-state index in [2.05, 4.69) is 43.9 Å². The fraction of sp³-hybridized carbons (Fsp3) is 0.444. The number of aryl methyl sites for hydroxylation is 1. The van der Waals surface area contributed by atoms with Crippen LogP contribution in [0.4, 0.5) is 11.6 Å². The summed E-state index contributed by atoms with van der Waals surface area (Å²) in [6.07, 6.45) is 8.91. The zero-order valence-corrected chi connectivity index (χ0v) is 19.7. The van der Waals surface area contributed by atoms with Crippen molar-refractivity contribution in [3.8, 4) is 0 Å². The van der Waals surface area contributed by atoms with Gasteiger partial charge in [-0.15, -0.1) is 0 Å². The smallest absolute Gasteiger partial charge is 0.146 e. The Balaban J connectivity index is 1.25. The third kappa shape index (κ3) is 3.90. The molecule has 4 atom stereocenters. The maximum Gasteiger partial charge on any atom is 0.146 e. The first-order valence-electron chi connectivity index (χ1n) is 12.6. The Hall–Kier alpha value is -3.23. The molecule has 0 bridgehead atoms. The lowest BCUT2D eigenvalue weighted by Crippen LogP contribution is -2.29. The predicted octanol–water partition coefficient (Wildman–Crippen LogP) is 3.72. The summed E-state index contributed by atoms with van der Waals surface area (Å²) in [5.74, 6) is 1.42. The molecule has 2 saturated carbocycles. The van der Waals surface area contributed by atoms with Crippen molar-refractivity contribution in [1.82, 2.24) is 19.5 Å². The first-order chi connectivity index (χ1) is 17.0. The van der Waals surface area contributed by atoms with Crippen molar-refractivity contribution in [2.45, 2.75) is 69.1 Å². The number of nitrogens with zero attached hydrogens (tertiary/aromatic N) is 4. The van der Waals surface area contributed by atoms with Gasteiger partial charge in [-0.3, -0.25) is 0 Å². The van der Waals surface area contributed by atoms with Gasteiger partial charge in [0.1, 0.15) is 29.7 Å². The Morgan fingerprint density at radius 1 is 1.00 bits per heavy atom. The Labute approximate surface area is 204 Å². The molecule has 0 radical (unpaired) electrons. The van der Waals surface area contributed by atoms with Crippen LogP contribution < -0.4 is 11.5 Å². The summed E-state index contributed by atoms with van der Waals surface area (Å²) in [5.41, 5.74) is 16.1. The van der Waals surface area contributed by atoms with Crippen molar-refractivity contribution < 1.29 is 10.2 Å². The number of aliphatic hydroxyl groups is 2. The predicted molar refractivity (Wildman–Crippen MR) is 137 cm³/mol. The van der Waals surface area contributed by atoms with E-state index >= 15 is 0 Å². The van der Waals surface area contributed by atoms with Crippen LogP contribution in [0.1, 0.15) is 61.6 Å². The normalized spacial score (nSPS) is 25.2. The molecule has 6 N–H and O–H groups in total. The van der Waals surface area contributed by atoms with Gasteiger partial charge in [0.2, 0.25) is 0 Å². The van der Waals surface area contributed by atoms with E-state index in [0.717, 1.165) is 53.2 Å². The molecule has 1 aromatic carbocycles. The lowest BCUT2D eigenvalue weighted by atomic mass is 9.95. The standard InChI is InChI=1S/C27H32N6O2/c28-22-10-9-17-7-5-15(11-20(17)32-22)6-8-18-12-21(25(35)24(18)34)33-13-19(16-3-1-2-4-16)23-26(29)30-14-31-27(23)33/h5,7,9-11,13-14,16,18,21,24-25,34-35H,1-4,6,8,12H2,(H2,28,32)(H2,29,30,31)/t18-,21+,24+,25-/m0/s1. The number of hydrogen-bond acceptors (Lipinski definition) is 7. The number of aromatic nitrogens is 4. The van der Waals surface area contributed by atoms with Gasteiger partial charge in [-0.25, -0.2) is 15.0 Å². The Morgan fingerprint density at radius 3 is 2.63 bits per heavy atom. The van der Waals surface area contributed by atoms with Crippen LogP contribution in [0.5, 0.6) is 0 Å². The molecule has 6 rings (SSSR count). The number of rotatable bonds is 5. The quantitative estimate of drug-likeness (QED) is 0.347. The van der Waals surface area contributed by atoms with Crippen LogP contribution >= 0.6 is 0 Å². The average Bonchev–Trinajstić information content (AvgIpc) is 3.57. The zero-order chi connectivity index (χ0) is 24.1. The van der Waals surface area contributed by atoms with Crippen molar-refractivity contribution in [2.24, 2.45) is 5.92 Å². The molecule has 4 aromatic rings. The van der Waals surface area contributed by atoms with Gasteiger partial charge in [0.25, 0.3) is 0 Å². The van der Waals surface area contributed by atoms with Gasteiger partial charge in [0.05, 0.1) is 23.0 Å². The number of anilines is 2. The maximum atomic E-state index is 11.1. The highest BCUT2D eigenvalue weighted by atomic mass is 16.3. The van der Waals surface area contributed by atoms with E-state index in [0.29, 0.717) is 24.0 Å². The lowest BCUT2D eigenvalue weighted by molar-refractivity contribution is 0.00543. The second-order valence-corrected chi connectivity index (χ2v) is 10.3. The Morgan fingerprint density at radius 2 is 1.80 bits per heavy atom. The molecule has 35 heavy (non-hydrogen) atoms. The SMILES string of the molecule is Nc1ccc2ccc(CC[C@H]3C[C@@H](n4cc(C5CCCC5)c5c(N)ncnc54)[C@H](O)[C@@H]3O)cc2n1.